The molecule has 0 fully saturated rings. The second-order valence-corrected chi connectivity index (χ2v) is 8.57. The van der Waals surface area contributed by atoms with Gasteiger partial charge in [-0.2, -0.15) is 11.8 Å². The average Bonchev–Trinajstić information content (AvgIpc) is 2.61. The van der Waals surface area contributed by atoms with Crippen molar-refractivity contribution in [2.75, 3.05) is 7.11 Å². The highest BCUT2D eigenvalue weighted by molar-refractivity contribution is 8.00. The summed E-state index contributed by atoms with van der Waals surface area (Å²) in [5.74, 6) is -0.0106. The third-order valence-corrected chi connectivity index (χ3v) is 6.02. The summed E-state index contributed by atoms with van der Waals surface area (Å²) in [7, 11) is 1.68. The quantitative estimate of drug-likeness (QED) is 0.586. The fraction of sp³-hybridized carbons (Fsp3) is 0.524. The highest BCUT2D eigenvalue weighted by atomic mass is 32.2. The van der Waals surface area contributed by atoms with Gasteiger partial charge in [0, 0.05) is 23.1 Å². The Morgan fingerprint density at radius 1 is 1.50 bits per heavy atom. The Morgan fingerprint density at radius 2 is 2.31 bits per heavy atom. The van der Waals surface area contributed by atoms with Crippen LogP contribution in [0.5, 0.6) is 0 Å². The summed E-state index contributed by atoms with van der Waals surface area (Å²) < 4.78 is 5.21. The summed E-state index contributed by atoms with van der Waals surface area (Å²) in [6.45, 7) is 6.01. The molecule has 0 radical (unpaired) electrons. The van der Waals surface area contributed by atoms with Gasteiger partial charge < -0.3 is 9.84 Å². The number of methoxy groups -OCH3 is 1. The summed E-state index contributed by atoms with van der Waals surface area (Å²) in [6, 6.07) is 0. The minimum atomic E-state index is -0.831. The predicted molar refractivity (Wildman–Crippen MR) is 110 cm³/mol. The Morgan fingerprint density at radius 3 is 2.96 bits per heavy atom. The van der Waals surface area contributed by atoms with Crippen LogP contribution in [0.4, 0.5) is 0 Å². The van der Waals surface area contributed by atoms with Crippen molar-refractivity contribution in [3.8, 4) is 0 Å². The monoisotopic (exact) mass is 375 g/mol. The Bertz CT molecular complexity index is 646. The summed E-state index contributed by atoms with van der Waals surface area (Å²) in [5, 5.41) is 9.89. The normalized spacial score (nSPS) is 21.6. The number of hydrogen-bond donors (Lipinski definition) is 1. The van der Waals surface area contributed by atoms with Crippen molar-refractivity contribution in [3.63, 3.8) is 0 Å². The molecule has 0 aromatic rings. The molecule has 0 bridgehead atoms. The third kappa shape index (κ3) is 6.87. The first kappa shape index (κ1) is 20.6. The molecule has 1 N–H and O–H groups in total. The van der Waals surface area contributed by atoms with Gasteiger partial charge in [-0.25, -0.2) is 4.99 Å². The van der Waals surface area contributed by atoms with E-state index in [0.29, 0.717) is 16.1 Å². The van der Waals surface area contributed by atoms with Gasteiger partial charge in [0.25, 0.3) is 0 Å². The first-order chi connectivity index (χ1) is 12.5. The van der Waals surface area contributed by atoms with Gasteiger partial charge >= 0.3 is 5.97 Å². The Balaban J connectivity index is 1.80. The number of carboxylic acids is 1. The van der Waals surface area contributed by atoms with Crippen LogP contribution in [0.1, 0.15) is 51.9 Å². The smallest absolute Gasteiger partial charge is 0.307 e. The van der Waals surface area contributed by atoms with Crippen molar-refractivity contribution in [2.45, 2.75) is 62.4 Å². The zero-order valence-corrected chi connectivity index (χ0v) is 16.6. The van der Waals surface area contributed by atoms with E-state index in [1.54, 1.807) is 7.11 Å². The van der Waals surface area contributed by atoms with Gasteiger partial charge in [0.05, 0.1) is 13.5 Å². The van der Waals surface area contributed by atoms with Crippen molar-refractivity contribution in [1.82, 2.24) is 0 Å². The van der Waals surface area contributed by atoms with E-state index in [1.807, 2.05) is 30.1 Å². The van der Waals surface area contributed by atoms with Gasteiger partial charge in [-0.05, 0) is 48.8 Å². The van der Waals surface area contributed by atoms with Crippen molar-refractivity contribution < 1.29 is 14.6 Å². The molecular formula is C21H29NO3S. The minimum absolute atomic E-state index is 0.0111. The Hall–Kier alpha value is -1.75. The molecule has 2 atom stereocenters. The number of ether oxygens (including phenoxy) is 1. The van der Waals surface area contributed by atoms with Crippen LogP contribution >= 0.6 is 11.8 Å². The predicted octanol–water partition coefficient (Wildman–Crippen LogP) is 5.29. The summed E-state index contributed by atoms with van der Waals surface area (Å²) in [4.78, 5) is 15.0. The number of carboxylic acid groups (broad SMARTS) is 1. The molecule has 2 rings (SSSR count). The van der Waals surface area contributed by atoms with E-state index in [2.05, 4.69) is 24.6 Å². The number of nitrogens with zero attached hydrogens (tertiary/aromatic N) is 1. The maximum Gasteiger partial charge on any atom is 0.307 e. The lowest BCUT2D eigenvalue weighted by Crippen LogP contribution is -2.15. The summed E-state index contributed by atoms with van der Waals surface area (Å²) in [5.41, 5.74) is 3.46. The van der Waals surface area contributed by atoms with Crippen LogP contribution in [-0.2, 0) is 9.53 Å². The van der Waals surface area contributed by atoms with Gasteiger partial charge in [0.1, 0.15) is 0 Å². The molecule has 0 saturated heterocycles. The molecule has 4 nitrogen and oxygen atoms in total. The van der Waals surface area contributed by atoms with Gasteiger partial charge in [-0.3, -0.25) is 4.79 Å². The van der Waals surface area contributed by atoms with Gasteiger partial charge in [-0.1, -0.05) is 31.7 Å². The molecule has 0 saturated carbocycles. The topological polar surface area (TPSA) is 58.9 Å². The van der Waals surface area contributed by atoms with Crippen LogP contribution in [0.3, 0.4) is 0 Å². The molecule has 0 amide bonds. The zero-order chi connectivity index (χ0) is 18.9. The standard InChI is InChI=1S/C21H29NO3S/c1-15(12-21(23)24)6-4-7-16(2)26-19-9-5-8-17(13-19)18-10-11-20(25-3)22-14-18/h4,6,8,14,16,19H,1,5,7,9-13H2,2-3H3,(H,23,24)/b6-4-. The van der Waals surface area contributed by atoms with Crippen LogP contribution in [0, 0.1) is 0 Å². The Labute approximate surface area is 160 Å². The number of thioether (sulfide) groups is 1. The number of hydrogen-bond acceptors (Lipinski definition) is 4. The molecule has 1 aliphatic heterocycles. The lowest BCUT2D eigenvalue weighted by Gasteiger charge is -2.26. The number of carbonyl (C=O) groups is 1. The molecule has 26 heavy (non-hydrogen) atoms. The largest absolute Gasteiger partial charge is 0.484 e. The second-order valence-electron chi connectivity index (χ2n) is 6.83. The minimum Gasteiger partial charge on any atom is -0.484 e. The van der Waals surface area contributed by atoms with Crippen LogP contribution in [0.2, 0.25) is 0 Å². The van der Waals surface area contributed by atoms with Gasteiger partial charge in [-0.15, -0.1) is 0 Å². The van der Waals surface area contributed by atoms with E-state index in [9.17, 15) is 4.79 Å². The summed E-state index contributed by atoms with van der Waals surface area (Å²) >= 11 is 2.03. The highest BCUT2D eigenvalue weighted by Gasteiger charge is 2.21. The third-order valence-electron chi connectivity index (χ3n) is 4.57. The number of aliphatic carboxylic acids is 1. The fourth-order valence-corrected chi connectivity index (χ4v) is 4.66. The van der Waals surface area contributed by atoms with Crippen molar-refractivity contribution in [3.05, 3.63) is 47.7 Å². The van der Waals surface area contributed by atoms with E-state index in [1.165, 1.54) is 17.6 Å². The maximum absolute atomic E-state index is 10.6. The molecule has 142 valence electrons. The maximum atomic E-state index is 10.6. The molecule has 1 heterocycles. The van der Waals surface area contributed by atoms with Crippen LogP contribution < -0.4 is 0 Å². The molecule has 0 aromatic carbocycles. The average molecular weight is 376 g/mol. The van der Waals surface area contributed by atoms with Gasteiger partial charge in [0.2, 0.25) is 0 Å². The van der Waals surface area contributed by atoms with E-state index in [-0.39, 0.29) is 6.42 Å². The van der Waals surface area contributed by atoms with E-state index >= 15 is 0 Å². The molecule has 5 heteroatoms. The summed E-state index contributed by atoms with van der Waals surface area (Å²) in [6.07, 6.45) is 14.5. The molecular weight excluding hydrogens is 346 g/mol. The van der Waals surface area contributed by atoms with Crippen molar-refractivity contribution in [2.24, 2.45) is 4.99 Å². The second kappa shape index (κ2) is 10.4. The fourth-order valence-electron chi connectivity index (χ4n) is 3.23. The number of aliphatic imine (C=N–C) groups is 1. The van der Waals surface area contributed by atoms with Crippen LogP contribution in [0.25, 0.3) is 0 Å². The van der Waals surface area contributed by atoms with Gasteiger partial charge in [0.15, 0.2) is 5.90 Å². The van der Waals surface area contributed by atoms with E-state index in [0.717, 1.165) is 38.0 Å². The Kier molecular flexibility index (Phi) is 8.23. The van der Waals surface area contributed by atoms with Crippen molar-refractivity contribution in [1.29, 1.82) is 0 Å². The first-order valence-corrected chi connectivity index (χ1v) is 10.1. The zero-order valence-electron chi connectivity index (χ0n) is 15.7. The van der Waals surface area contributed by atoms with Crippen LogP contribution in [0.15, 0.2) is 52.7 Å². The first-order valence-electron chi connectivity index (χ1n) is 9.18. The van der Waals surface area contributed by atoms with Crippen LogP contribution in [-0.4, -0.2) is 34.6 Å². The highest BCUT2D eigenvalue weighted by Crippen LogP contribution is 2.36. The molecule has 1 aliphatic carbocycles. The van der Waals surface area contributed by atoms with E-state index in [4.69, 9.17) is 9.84 Å². The molecule has 2 unspecified atom stereocenters. The molecule has 2 aliphatic rings. The van der Waals surface area contributed by atoms with Crippen molar-refractivity contribution >= 4 is 23.6 Å². The lowest BCUT2D eigenvalue weighted by atomic mass is 9.90. The SMILES string of the molecule is C=C(/C=C\CC(C)SC1CCC=C(C2=CN=C(OC)CC2)C1)CC(=O)O. The lowest BCUT2D eigenvalue weighted by molar-refractivity contribution is -0.136. The number of allylic oxidation sites excluding steroid dienone is 5. The number of rotatable bonds is 8. The molecule has 0 aromatic heterocycles. The van der Waals surface area contributed by atoms with E-state index < -0.39 is 5.97 Å². The molecule has 0 spiro atoms.